The number of amides is 3. The molecule has 0 aliphatic rings. The fourth-order valence-corrected chi connectivity index (χ4v) is 2.75. The number of hydrogen-bond donors (Lipinski definition) is 2. The van der Waals surface area contributed by atoms with Crippen LogP contribution in [0.25, 0.3) is 0 Å². The highest BCUT2D eigenvalue weighted by Gasteiger charge is 2.23. The molecule has 3 amide bonds. The number of nitrogens with one attached hydrogen (secondary N) is 2. The van der Waals surface area contributed by atoms with Crippen LogP contribution in [0.15, 0.2) is 18.2 Å². The topological polar surface area (TPSA) is 64.7 Å². The molecule has 1 atom stereocenters. The van der Waals surface area contributed by atoms with E-state index < -0.39 is 0 Å². The van der Waals surface area contributed by atoms with E-state index in [1.807, 2.05) is 62.9 Å². The third kappa shape index (κ3) is 5.93. The van der Waals surface area contributed by atoms with E-state index in [4.69, 9.17) is 0 Å². The summed E-state index contributed by atoms with van der Waals surface area (Å²) in [4.78, 5) is 28.5. The monoisotopic (exact) mass is 362 g/mol. The molecule has 0 spiro atoms. The van der Waals surface area contributed by atoms with E-state index in [1.54, 1.807) is 0 Å². The fourth-order valence-electron chi connectivity index (χ4n) is 2.75. The van der Waals surface area contributed by atoms with Crippen molar-refractivity contribution in [1.82, 2.24) is 10.2 Å². The second-order valence-corrected chi connectivity index (χ2v) is 7.10. The van der Waals surface area contributed by atoms with E-state index in [0.717, 1.165) is 23.4 Å². The molecule has 0 saturated carbocycles. The van der Waals surface area contributed by atoms with Gasteiger partial charge in [0.1, 0.15) is 0 Å². The Bertz CT molecular complexity index is 614. The first-order valence-electron chi connectivity index (χ1n) is 9.36. The molecule has 1 aromatic rings. The number of anilines is 2. The Kier molecular flexibility index (Phi) is 8.42. The lowest BCUT2D eigenvalue weighted by molar-refractivity contribution is -0.137. The molecule has 1 rings (SSSR count). The van der Waals surface area contributed by atoms with Gasteiger partial charge in [-0.3, -0.25) is 4.79 Å². The van der Waals surface area contributed by atoms with Gasteiger partial charge in [-0.15, -0.1) is 0 Å². The minimum absolute atomic E-state index is 0.0524. The Hall–Kier alpha value is -2.24. The van der Waals surface area contributed by atoms with E-state index in [0.29, 0.717) is 13.1 Å². The molecule has 0 aliphatic carbocycles. The van der Waals surface area contributed by atoms with Crippen LogP contribution in [0, 0.1) is 5.92 Å². The Morgan fingerprint density at radius 2 is 1.77 bits per heavy atom. The van der Waals surface area contributed by atoms with Crippen LogP contribution < -0.4 is 15.5 Å². The minimum atomic E-state index is -0.229. The molecule has 6 nitrogen and oxygen atoms in total. The van der Waals surface area contributed by atoms with E-state index in [1.165, 1.54) is 0 Å². The Morgan fingerprint density at radius 3 is 2.27 bits per heavy atom. The minimum Gasteiger partial charge on any atom is -0.377 e. The van der Waals surface area contributed by atoms with Gasteiger partial charge >= 0.3 is 6.03 Å². The summed E-state index contributed by atoms with van der Waals surface area (Å²) in [5.74, 6) is 0.0922. The molecule has 0 bridgehead atoms. The van der Waals surface area contributed by atoms with Crippen molar-refractivity contribution in [1.29, 1.82) is 0 Å². The summed E-state index contributed by atoms with van der Waals surface area (Å²) in [6.45, 7) is 11.0. The van der Waals surface area contributed by atoms with E-state index >= 15 is 0 Å². The van der Waals surface area contributed by atoms with Crippen molar-refractivity contribution in [3.05, 3.63) is 23.8 Å². The molecule has 1 aromatic carbocycles. The first-order valence-corrected chi connectivity index (χ1v) is 9.36. The van der Waals surface area contributed by atoms with Gasteiger partial charge in [-0.05, 0) is 44.0 Å². The van der Waals surface area contributed by atoms with Gasteiger partial charge in [-0.2, -0.15) is 0 Å². The molecule has 0 fully saturated rings. The molecule has 0 radical (unpaired) electrons. The molecule has 26 heavy (non-hydrogen) atoms. The molecule has 0 saturated heterocycles. The average Bonchev–Trinajstić information content (AvgIpc) is 2.58. The van der Waals surface area contributed by atoms with Crippen LogP contribution in [0.1, 0.15) is 46.6 Å². The molecule has 0 heterocycles. The van der Waals surface area contributed by atoms with Crippen molar-refractivity contribution in [2.24, 2.45) is 5.92 Å². The van der Waals surface area contributed by atoms with Gasteiger partial charge < -0.3 is 20.4 Å². The van der Waals surface area contributed by atoms with E-state index in [2.05, 4.69) is 24.5 Å². The molecule has 0 aromatic heterocycles. The zero-order valence-corrected chi connectivity index (χ0v) is 17.2. The summed E-state index contributed by atoms with van der Waals surface area (Å²) in [6, 6.07) is 5.73. The van der Waals surface area contributed by atoms with Crippen LogP contribution in [0.5, 0.6) is 0 Å². The summed E-state index contributed by atoms with van der Waals surface area (Å²) >= 11 is 0. The first-order chi connectivity index (χ1) is 12.2. The number of urea groups is 1. The van der Waals surface area contributed by atoms with Crippen LogP contribution in [-0.2, 0) is 11.3 Å². The number of benzene rings is 1. The van der Waals surface area contributed by atoms with Crippen LogP contribution in [0.4, 0.5) is 16.2 Å². The van der Waals surface area contributed by atoms with Crippen molar-refractivity contribution in [2.45, 2.75) is 53.6 Å². The predicted molar refractivity (Wildman–Crippen MR) is 109 cm³/mol. The summed E-state index contributed by atoms with van der Waals surface area (Å²) in [5.41, 5.74) is 2.77. The van der Waals surface area contributed by atoms with Crippen LogP contribution >= 0.6 is 0 Å². The normalized spacial score (nSPS) is 11.8. The molecule has 2 N–H and O–H groups in total. The molecule has 6 heteroatoms. The first kappa shape index (κ1) is 21.8. The fraction of sp³-hybridized carbons (Fsp3) is 0.600. The SMILES string of the molecule is CCNC(=O)Nc1ccc(N(C)C)c(CN(C(=O)C(C)C)C(C)CC)c1. The highest BCUT2D eigenvalue weighted by atomic mass is 16.2. The molecule has 1 unspecified atom stereocenters. The maximum atomic E-state index is 12.7. The average molecular weight is 363 g/mol. The van der Waals surface area contributed by atoms with Crippen molar-refractivity contribution in [3.63, 3.8) is 0 Å². The second kappa shape index (κ2) is 10.0. The molecule has 0 aliphatic heterocycles. The zero-order valence-electron chi connectivity index (χ0n) is 17.2. The molecule has 146 valence electrons. The number of hydrogen-bond acceptors (Lipinski definition) is 3. The van der Waals surface area contributed by atoms with Crippen molar-refractivity contribution >= 4 is 23.3 Å². The number of nitrogens with zero attached hydrogens (tertiary/aromatic N) is 2. The smallest absolute Gasteiger partial charge is 0.319 e. The van der Waals surface area contributed by atoms with E-state index in [9.17, 15) is 9.59 Å². The molecular weight excluding hydrogens is 328 g/mol. The van der Waals surface area contributed by atoms with E-state index in [-0.39, 0.29) is 23.9 Å². The van der Waals surface area contributed by atoms with Gasteiger partial charge in [0.15, 0.2) is 0 Å². The molecular formula is C20H34N4O2. The van der Waals surface area contributed by atoms with Crippen LogP contribution in [-0.4, -0.2) is 43.5 Å². The summed E-state index contributed by atoms with van der Waals surface area (Å²) < 4.78 is 0. The van der Waals surface area contributed by atoms with Gasteiger partial charge in [-0.1, -0.05) is 20.8 Å². The Morgan fingerprint density at radius 1 is 1.12 bits per heavy atom. The number of rotatable bonds is 8. The lowest BCUT2D eigenvalue weighted by Crippen LogP contribution is -2.40. The van der Waals surface area contributed by atoms with Gasteiger partial charge in [0.25, 0.3) is 0 Å². The van der Waals surface area contributed by atoms with Gasteiger partial charge in [-0.25, -0.2) is 4.79 Å². The van der Waals surface area contributed by atoms with Gasteiger partial charge in [0.2, 0.25) is 5.91 Å². The highest BCUT2D eigenvalue weighted by Crippen LogP contribution is 2.26. The van der Waals surface area contributed by atoms with Gasteiger partial charge in [0, 0.05) is 50.5 Å². The summed E-state index contributed by atoms with van der Waals surface area (Å²) in [5, 5.41) is 5.57. The van der Waals surface area contributed by atoms with Gasteiger partial charge in [0.05, 0.1) is 0 Å². The Balaban J connectivity index is 3.19. The van der Waals surface area contributed by atoms with Crippen molar-refractivity contribution in [3.8, 4) is 0 Å². The number of carbonyl (C=O) groups is 2. The zero-order chi connectivity index (χ0) is 19.9. The quantitative estimate of drug-likeness (QED) is 0.741. The summed E-state index contributed by atoms with van der Waals surface area (Å²) in [7, 11) is 3.96. The lowest BCUT2D eigenvalue weighted by Gasteiger charge is -2.32. The second-order valence-electron chi connectivity index (χ2n) is 7.10. The summed E-state index contributed by atoms with van der Waals surface area (Å²) in [6.07, 6.45) is 0.895. The maximum absolute atomic E-state index is 12.7. The largest absolute Gasteiger partial charge is 0.377 e. The van der Waals surface area contributed by atoms with Crippen molar-refractivity contribution < 1.29 is 9.59 Å². The van der Waals surface area contributed by atoms with Crippen LogP contribution in [0.2, 0.25) is 0 Å². The van der Waals surface area contributed by atoms with Crippen LogP contribution in [0.3, 0.4) is 0 Å². The third-order valence-electron chi connectivity index (χ3n) is 4.40. The standard InChI is InChI=1S/C20H34N4O2/c1-8-15(5)24(19(25)14(3)4)13-16-12-17(22-20(26)21-9-2)10-11-18(16)23(6)7/h10-12,14-15H,8-9,13H2,1-7H3,(H2,21,22,26). The Labute approximate surface area is 157 Å². The highest BCUT2D eigenvalue weighted by molar-refractivity contribution is 5.89. The lowest BCUT2D eigenvalue weighted by atomic mass is 10.1. The predicted octanol–water partition coefficient (Wildman–Crippen LogP) is 3.68. The number of carbonyl (C=O) groups excluding carboxylic acids is 2. The maximum Gasteiger partial charge on any atom is 0.319 e. The third-order valence-corrected chi connectivity index (χ3v) is 4.40. The van der Waals surface area contributed by atoms with Crippen molar-refractivity contribution in [2.75, 3.05) is 30.9 Å².